The second-order valence-corrected chi connectivity index (χ2v) is 6.73. The van der Waals surface area contributed by atoms with E-state index in [1.807, 2.05) is 13.8 Å². The third-order valence-corrected chi connectivity index (χ3v) is 4.50. The van der Waals surface area contributed by atoms with Gasteiger partial charge in [0, 0.05) is 19.0 Å². The molecular weight excluding hydrogens is 324 g/mol. The van der Waals surface area contributed by atoms with Gasteiger partial charge < -0.3 is 15.4 Å². The highest BCUT2D eigenvalue weighted by Gasteiger charge is 2.27. The molecule has 1 saturated carbocycles. The Morgan fingerprint density at radius 3 is 2.48 bits per heavy atom. The van der Waals surface area contributed by atoms with Gasteiger partial charge in [-0.05, 0) is 18.8 Å². The monoisotopic (exact) mass is 350 g/mol. The lowest BCUT2D eigenvalue weighted by Gasteiger charge is -2.19. The van der Waals surface area contributed by atoms with Crippen molar-refractivity contribution in [3.05, 3.63) is 11.8 Å². The highest BCUT2D eigenvalue weighted by molar-refractivity contribution is 5.97. The third-order valence-electron chi connectivity index (χ3n) is 4.50. The lowest BCUT2D eigenvalue weighted by atomic mass is 10.0. The maximum atomic E-state index is 12.4. The molecule has 0 aromatic carbocycles. The number of carbonyl (C=O) groups excluding carboxylic acids is 3. The van der Waals surface area contributed by atoms with Crippen molar-refractivity contribution in [2.24, 2.45) is 18.9 Å². The van der Waals surface area contributed by atoms with E-state index in [1.54, 1.807) is 7.05 Å². The van der Waals surface area contributed by atoms with Crippen molar-refractivity contribution in [2.75, 3.05) is 12.4 Å². The minimum absolute atomic E-state index is 0.0248. The van der Waals surface area contributed by atoms with Gasteiger partial charge in [0.1, 0.15) is 11.9 Å². The predicted octanol–water partition coefficient (Wildman–Crippen LogP) is 1.48. The summed E-state index contributed by atoms with van der Waals surface area (Å²) >= 11 is 0. The van der Waals surface area contributed by atoms with Crippen LogP contribution in [0.4, 0.5) is 5.82 Å². The van der Waals surface area contributed by atoms with Gasteiger partial charge >= 0.3 is 5.97 Å². The zero-order valence-electron chi connectivity index (χ0n) is 15.2. The van der Waals surface area contributed by atoms with Crippen LogP contribution in [-0.2, 0) is 21.4 Å². The largest absolute Gasteiger partial charge is 0.467 e. The number of methoxy groups -OCH3 is 1. The Hall–Kier alpha value is -2.38. The normalized spacial score (nSPS) is 15.9. The molecule has 138 valence electrons. The molecule has 2 rings (SSSR count). The Kier molecular flexibility index (Phi) is 6.17. The number of nitrogens with zero attached hydrogens (tertiary/aromatic N) is 2. The quantitative estimate of drug-likeness (QED) is 0.757. The molecule has 1 aromatic rings. The number of hydrogen-bond acceptors (Lipinski definition) is 5. The second kappa shape index (κ2) is 8.13. The number of amides is 2. The maximum absolute atomic E-state index is 12.4. The fourth-order valence-electron chi connectivity index (χ4n) is 2.95. The Morgan fingerprint density at radius 2 is 1.92 bits per heavy atom. The summed E-state index contributed by atoms with van der Waals surface area (Å²) in [7, 11) is 2.93. The minimum atomic E-state index is -0.754. The molecule has 1 atom stereocenters. The summed E-state index contributed by atoms with van der Waals surface area (Å²) < 4.78 is 6.16. The molecule has 1 unspecified atom stereocenters. The first kappa shape index (κ1) is 19.0. The van der Waals surface area contributed by atoms with Crippen LogP contribution in [0.3, 0.4) is 0 Å². The summed E-state index contributed by atoms with van der Waals surface area (Å²) in [6.07, 6.45) is 3.93. The van der Waals surface area contributed by atoms with Crippen LogP contribution in [0.5, 0.6) is 0 Å². The lowest BCUT2D eigenvalue weighted by molar-refractivity contribution is -0.144. The van der Waals surface area contributed by atoms with E-state index in [0.29, 0.717) is 5.82 Å². The third kappa shape index (κ3) is 4.58. The predicted molar refractivity (Wildman–Crippen MR) is 91.9 cm³/mol. The number of esters is 1. The first-order valence-corrected chi connectivity index (χ1v) is 8.57. The Morgan fingerprint density at radius 1 is 1.28 bits per heavy atom. The van der Waals surface area contributed by atoms with Gasteiger partial charge in [-0.3, -0.25) is 14.3 Å². The van der Waals surface area contributed by atoms with Gasteiger partial charge in [0.2, 0.25) is 5.91 Å². The topological polar surface area (TPSA) is 102 Å². The van der Waals surface area contributed by atoms with Crippen LogP contribution in [0.15, 0.2) is 6.07 Å². The SMILES string of the molecule is COC(=O)C(NC(=O)c1cc(NC(=O)C2CCCC2)n(C)n1)C(C)C. The first-order valence-electron chi connectivity index (χ1n) is 8.57. The summed E-state index contributed by atoms with van der Waals surface area (Å²) in [4.78, 5) is 36.4. The van der Waals surface area contributed by atoms with Crippen LogP contribution in [0.25, 0.3) is 0 Å². The molecule has 8 nitrogen and oxygen atoms in total. The van der Waals surface area contributed by atoms with Crippen molar-refractivity contribution in [2.45, 2.75) is 45.6 Å². The number of aryl methyl sites for hydroxylation is 1. The van der Waals surface area contributed by atoms with Crippen LogP contribution < -0.4 is 10.6 Å². The Labute approximate surface area is 147 Å². The number of hydrogen-bond donors (Lipinski definition) is 2. The molecule has 25 heavy (non-hydrogen) atoms. The van der Waals surface area contributed by atoms with E-state index in [0.717, 1.165) is 25.7 Å². The molecule has 1 fully saturated rings. The van der Waals surface area contributed by atoms with E-state index in [1.165, 1.54) is 17.9 Å². The number of anilines is 1. The summed E-state index contributed by atoms with van der Waals surface area (Å²) in [6.45, 7) is 3.63. The highest BCUT2D eigenvalue weighted by Crippen LogP contribution is 2.26. The van der Waals surface area contributed by atoms with E-state index >= 15 is 0 Å². The van der Waals surface area contributed by atoms with Crippen molar-refractivity contribution in [1.82, 2.24) is 15.1 Å². The Bertz CT molecular complexity index is 647. The molecule has 2 N–H and O–H groups in total. The van der Waals surface area contributed by atoms with Crippen LogP contribution in [0, 0.1) is 11.8 Å². The van der Waals surface area contributed by atoms with E-state index in [2.05, 4.69) is 15.7 Å². The molecule has 0 spiro atoms. The first-order chi connectivity index (χ1) is 11.8. The van der Waals surface area contributed by atoms with Gasteiger partial charge in [0.05, 0.1) is 7.11 Å². The number of ether oxygens (including phenoxy) is 1. The molecule has 1 aromatic heterocycles. The van der Waals surface area contributed by atoms with E-state index in [4.69, 9.17) is 4.74 Å². The smallest absolute Gasteiger partial charge is 0.328 e. The van der Waals surface area contributed by atoms with Gasteiger partial charge in [-0.25, -0.2) is 4.79 Å². The minimum Gasteiger partial charge on any atom is -0.467 e. The van der Waals surface area contributed by atoms with Crippen molar-refractivity contribution >= 4 is 23.6 Å². The van der Waals surface area contributed by atoms with Crippen LogP contribution >= 0.6 is 0 Å². The molecular formula is C17H26N4O4. The average molecular weight is 350 g/mol. The summed E-state index contributed by atoms with van der Waals surface area (Å²) in [6, 6.07) is 0.757. The van der Waals surface area contributed by atoms with Crippen LogP contribution in [0.2, 0.25) is 0 Å². The number of nitrogens with one attached hydrogen (secondary N) is 2. The molecule has 0 aliphatic heterocycles. The second-order valence-electron chi connectivity index (χ2n) is 6.73. The molecule has 1 aliphatic rings. The van der Waals surface area contributed by atoms with Gasteiger partial charge in [0.15, 0.2) is 5.69 Å². The molecule has 8 heteroatoms. The van der Waals surface area contributed by atoms with E-state index in [-0.39, 0.29) is 23.4 Å². The van der Waals surface area contributed by atoms with Crippen molar-refractivity contribution < 1.29 is 19.1 Å². The van der Waals surface area contributed by atoms with Gasteiger partial charge in [-0.1, -0.05) is 26.7 Å². The fraction of sp³-hybridized carbons (Fsp3) is 0.647. The molecule has 2 amide bonds. The van der Waals surface area contributed by atoms with E-state index < -0.39 is 17.9 Å². The zero-order chi connectivity index (χ0) is 18.6. The summed E-state index contributed by atoms with van der Waals surface area (Å²) in [5, 5.41) is 9.58. The Balaban J connectivity index is 2.06. The molecule has 0 bridgehead atoms. The molecule has 0 radical (unpaired) electrons. The zero-order valence-corrected chi connectivity index (χ0v) is 15.2. The summed E-state index contributed by atoms with van der Waals surface area (Å²) in [5.41, 5.74) is 0.138. The fourth-order valence-corrected chi connectivity index (χ4v) is 2.95. The van der Waals surface area contributed by atoms with Crippen LogP contribution in [0.1, 0.15) is 50.0 Å². The molecule has 0 saturated heterocycles. The highest BCUT2D eigenvalue weighted by atomic mass is 16.5. The van der Waals surface area contributed by atoms with Crippen molar-refractivity contribution in [3.63, 3.8) is 0 Å². The van der Waals surface area contributed by atoms with E-state index in [9.17, 15) is 14.4 Å². The number of rotatable bonds is 6. The maximum Gasteiger partial charge on any atom is 0.328 e. The van der Waals surface area contributed by atoms with Crippen LogP contribution in [-0.4, -0.2) is 40.7 Å². The van der Waals surface area contributed by atoms with Gasteiger partial charge in [-0.2, -0.15) is 5.10 Å². The number of aromatic nitrogens is 2. The van der Waals surface area contributed by atoms with Gasteiger partial charge in [0.25, 0.3) is 5.91 Å². The summed E-state index contributed by atoms with van der Waals surface area (Å²) in [5.74, 6) is -0.670. The molecule has 1 heterocycles. The van der Waals surface area contributed by atoms with Gasteiger partial charge in [-0.15, -0.1) is 0 Å². The molecule has 1 aliphatic carbocycles. The lowest BCUT2D eigenvalue weighted by Crippen LogP contribution is -2.45. The number of carbonyl (C=O) groups is 3. The van der Waals surface area contributed by atoms with Crippen molar-refractivity contribution in [1.29, 1.82) is 0 Å². The standard InChI is InChI=1S/C17H26N4O4/c1-10(2)14(17(24)25-4)19-16(23)12-9-13(21(3)20-12)18-15(22)11-7-5-6-8-11/h9-11,14H,5-8H2,1-4H3,(H,18,22)(H,19,23). The van der Waals surface area contributed by atoms with Crippen molar-refractivity contribution in [3.8, 4) is 0 Å². The average Bonchev–Trinajstić information content (AvgIpc) is 3.22.